The van der Waals surface area contributed by atoms with Crippen LogP contribution in [0.15, 0.2) is 73.1 Å². The van der Waals surface area contributed by atoms with Crippen molar-refractivity contribution in [3.05, 3.63) is 89.9 Å². The number of carbonyl (C=O) groups is 1. The predicted octanol–water partition coefficient (Wildman–Crippen LogP) is 4.77. The van der Waals surface area contributed by atoms with Crippen LogP contribution in [-0.2, 0) is 27.5 Å². The number of fused-ring (bicyclic) bond motifs is 1. The van der Waals surface area contributed by atoms with Gasteiger partial charge >= 0.3 is 6.18 Å². The maximum Gasteiger partial charge on any atom is 0.416 e. The van der Waals surface area contributed by atoms with Gasteiger partial charge in [-0.25, -0.2) is 9.50 Å². The first-order chi connectivity index (χ1) is 17.3. The molecule has 2 aromatic carbocycles. The molecule has 0 N–H and O–H groups in total. The molecule has 1 aliphatic rings. The number of rotatable bonds is 5. The number of hydrogen-bond acceptors (Lipinski definition) is 4. The number of halogens is 3. The molecule has 3 heterocycles. The highest BCUT2D eigenvalue weighted by Gasteiger charge is 2.41. The predicted molar refractivity (Wildman–Crippen MR) is 128 cm³/mol. The van der Waals surface area contributed by atoms with Gasteiger partial charge in [0.1, 0.15) is 0 Å². The van der Waals surface area contributed by atoms with Gasteiger partial charge in [-0.05, 0) is 42.7 Å². The standard InChI is InChI=1S/C27H25F3N4O2/c1-26(17-19-5-3-2-4-6-19,25(35)33-13-15-36-16-14-33)23-11-12-31-24-22(18-32-34(23)24)20-7-9-21(10-8-20)27(28,29)30/h2-12,18H,13-17H2,1H3. The van der Waals surface area contributed by atoms with Gasteiger partial charge in [0.05, 0.1) is 36.1 Å². The van der Waals surface area contributed by atoms with E-state index in [0.29, 0.717) is 55.2 Å². The molecule has 1 saturated heterocycles. The number of benzene rings is 2. The van der Waals surface area contributed by atoms with E-state index in [9.17, 15) is 18.0 Å². The molecular weight excluding hydrogens is 469 g/mol. The van der Waals surface area contributed by atoms with E-state index in [1.807, 2.05) is 42.2 Å². The highest BCUT2D eigenvalue weighted by molar-refractivity contribution is 5.88. The minimum absolute atomic E-state index is 0.0336. The third-order valence-electron chi connectivity index (χ3n) is 6.66. The Hall–Kier alpha value is -3.72. The van der Waals surface area contributed by atoms with Crippen LogP contribution in [0.25, 0.3) is 16.8 Å². The van der Waals surface area contributed by atoms with E-state index >= 15 is 0 Å². The first-order valence-electron chi connectivity index (χ1n) is 11.7. The third-order valence-corrected chi connectivity index (χ3v) is 6.66. The summed E-state index contributed by atoms with van der Waals surface area (Å²) in [6.07, 6.45) is -0.769. The van der Waals surface area contributed by atoms with Gasteiger partial charge in [0, 0.05) is 24.8 Å². The maximum absolute atomic E-state index is 14.0. The fourth-order valence-corrected chi connectivity index (χ4v) is 4.75. The molecule has 1 amide bonds. The number of hydrogen-bond donors (Lipinski definition) is 0. The molecule has 186 valence electrons. The van der Waals surface area contributed by atoms with E-state index in [4.69, 9.17) is 4.74 Å². The van der Waals surface area contributed by atoms with Gasteiger partial charge in [-0.15, -0.1) is 0 Å². The van der Waals surface area contributed by atoms with E-state index in [1.54, 1.807) is 23.0 Å². The third kappa shape index (κ3) is 4.46. The average molecular weight is 495 g/mol. The monoisotopic (exact) mass is 494 g/mol. The van der Waals surface area contributed by atoms with Crippen molar-refractivity contribution < 1.29 is 22.7 Å². The van der Waals surface area contributed by atoms with Crippen LogP contribution < -0.4 is 0 Å². The van der Waals surface area contributed by atoms with Gasteiger partial charge in [-0.2, -0.15) is 18.3 Å². The lowest BCUT2D eigenvalue weighted by atomic mass is 9.78. The number of ether oxygens (including phenoxy) is 1. The quantitative estimate of drug-likeness (QED) is 0.401. The molecular formula is C27H25F3N4O2. The lowest BCUT2D eigenvalue weighted by Gasteiger charge is -2.36. The molecule has 0 spiro atoms. The summed E-state index contributed by atoms with van der Waals surface area (Å²) in [6.45, 7) is 3.89. The Morgan fingerprint density at radius 2 is 1.69 bits per heavy atom. The van der Waals surface area contributed by atoms with Crippen LogP contribution in [0.1, 0.15) is 23.7 Å². The van der Waals surface area contributed by atoms with Crippen LogP contribution >= 0.6 is 0 Å². The summed E-state index contributed by atoms with van der Waals surface area (Å²) in [5, 5.41) is 4.54. The van der Waals surface area contributed by atoms with E-state index in [2.05, 4.69) is 10.1 Å². The summed E-state index contributed by atoms with van der Waals surface area (Å²) in [5.41, 5.74) is 1.60. The minimum Gasteiger partial charge on any atom is -0.378 e. The molecule has 1 unspecified atom stereocenters. The molecule has 6 nitrogen and oxygen atoms in total. The zero-order valence-corrected chi connectivity index (χ0v) is 19.7. The topological polar surface area (TPSA) is 59.7 Å². The zero-order chi connectivity index (χ0) is 25.3. The van der Waals surface area contributed by atoms with Gasteiger partial charge in [-0.3, -0.25) is 4.79 Å². The Morgan fingerprint density at radius 1 is 1.00 bits per heavy atom. The first kappa shape index (κ1) is 24.0. The molecule has 2 aromatic heterocycles. The lowest BCUT2D eigenvalue weighted by Crippen LogP contribution is -2.51. The summed E-state index contributed by atoms with van der Waals surface area (Å²) in [7, 11) is 0. The fourth-order valence-electron chi connectivity index (χ4n) is 4.75. The normalized spacial score (nSPS) is 16.2. The smallest absolute Gasteiger partial charge is 0.378 e. The highest BCUT2D eigenvalue weighted by atomic mass is 19.4. The fraction of sp³-hybridized carbons (Fsp3) is 0.296. The summed E-state index contributed by atoms with van der Waals surface area (Å²) in [4.78, 5) is 20.3. The van der Waals surface area contributed by atoms with Gasteiger partial charge < -0.3 is 9.64 Å². The van der Waals surface area contributed by atoms with Gasteiger partial charge in [-0.1, -0.05) is 42.5 Å². The number of alkyl halides is 3. The number of amides is 1. The van der Waals surface area contributed by atoms with Crippen molar-refractivity contribution in [3.8, 4) is 11.1 Å². The minimum atomic E-state index is -4.41. The van der Waals surface area contributed by atoms with Crippen LogP contribution in [-0.4, -0.2) is 51.7 Å². The summed E-state index contributed by atoms with van der Waals surface area (Å²) in [5.74, 6) is -0.0336. The molecule has 0 radical (unpaired) electrons. The number of nitrogens with zero attached hydrogens (tertiary/aromatic N) is 4. The van der Waals surface area contributed by atoms with Gasteiger partial charge in [0.25, 0.3) is 0 Å². The van der Waals surface area contributed by atoms with Gasteiger partial charge in [0.15, 0.2) is 5.65 Å². The Bertz CT molecular complexity index is 1360. The molecule has 0 aliphatic carbocycles. The van der Waals surface area contributed by atoms with Crippen LogP contribution in [0.2, 0.25) is 0 Å². The zero-order valence-electron chi connectivity index (χ0n) is 19.7. The summed E-state index contributed by atoms with van der Waals surface area (Å²) >= 11 is 0. The number of morpholine rings is 1. The molecule has 0 bridgehead atoms. The average Bonchev–Trinajstić information content (AvgIpc) is 3.33. The van der Waals surface area contributed by atoms with Crippen LogP contribution in [0.4, 0.5) is 13.2 Å². The van der Waals surface area contributed by atoms with Crippen molar-refractivity contribution in [1.29, 1.82) is 0 Å². The SMILES string of the molecule is CC(Cc1ccccc1)(C(=O)N1CCOCC1)c1ccnc2c(-c3ccc(C(F)(F)F)cc3)cnn12. The molecule has 1 aliphatic heterocycles. The Morgan fingerprint density at radius 3 is 2.36 bits per heavy atom. The Balaban J connectivity index is 1.60. The Kier molecular flexibility index (Phi) is 6.26. The second-order valence-electron chi connectivity index (χ2n) is 9.10. The first-order valence-corrected chi connectivity index (χ1v) is 11.7. The van der Waals surface area contributed by atoms with Crippen molar-refractivity contribution in [2.45, 2.75) is 24.9 Å². The van der Waals surface area contributed by atoms with E-state index in [1.165, 1.54) is 12.1 Å². The van der Waals surface area contributed by atoms with Crippen LogP contribution in [0.5, 0.6) is 0 Å². The molecule has 1 fully saturated rings. The molecule has 9 heteroatoms. The largest absolute Gasteiger partial charge is 0.416 e. The van der Waals surface area contributed by atoms with E-state index in [-0.39, 0.29) is 5.91 Å². The molecule has 0 saturated carbocycles. The second-order valence-corrected chi connectivity index (χ2v) is 9.10. The van der Waals surface area contributed by atoms with Crippen molar-refractivity contribution in [1.82, 2.24) is 19.5 Å². The molecule has 4 aromatic rings. The van der Waals surface area contributed by atoms with E-state index in [0.717, 1.165) is 17.7 Å². The summed E-state index contributed by atoms with van der Waals surface area (Å²) in [6, 6.07) is 16.5. The van der Waals surface area contributed by atoms with Crippen molar-refractivity contribution in [2.75, 3.05) is 26.3 Å². The van der Waals surface area contributed by atoms with Gasteiger partial charge in [0.2, 0.25) is 5.91 Å². The molecule has 5 rings (SSSR count). The van der Waals surface area contributed by atoms with Crippen LogP contribution in [0.3, 0.4) is 0 Å². The highest BCUT2D eigenvalue weighted by Crippen LogP contribution is 2.35. The lowest BCUT2D eigenvalue weighted by molar-refractivity contribution is -0.141. The second kappa shape index (κ2) is 9.39. The van der Waals surface area contributed by atoms with Crippen molar-refractivity contribution >= 4 is 11.6 Å². The van der Waals surface area contributed by atoms with Crippen LogP contribution in [0, 0.1) is 0 Å². The van der Waals surface area contributed by atoms with Crippen molar-refractivity contribution in [2.24, 2.45) is 0 Å². The number of carbonyl (C=O) groups excluding carboxylic acids is 1. The molecule has 36 heavy (non-hydrogen) atoms. The maximum atomic E-state index is 14.0. The van der Waals surface area contributed by atoms with Crippen molar-refractivity contribution in [3.63, 3.8) is 0 Å². The Labute approximate surface area is 206 Å². The molecule has 1 atom stereocenters. The summed E-state index contributed by atoms with van der Waals surface area (Å²) < 4.78 is 46.2. The van der Waals surface area contributed by atoms with E-state index < -0.39 is 17.2 Å². The number of aromatic nitrogens is 3.